The van der Waals surface area contributed by atoms with E-state index < -0.39 is 17.9 Å². The van der Waals surface area contributed by atoms with Crippen molar-refractivity contribution in [3.05, 3.63) is 41.9 Å². The highest BCUT2D eigenvalue weighted by Gasteiger charge is 2.25. The Morgan fingerprint density at radius 1 is 1.35 bits per heavy atom. The molecule has 0 spiro atoms. The summed E-state index contributed by atoms with van der Waals surface area (Å²) in [5.41, 5.74) is 0.763. The Labute approximate surface area is 133 Å². The summed E-state index contributed by atoms with van der Waals surface area (Å²) < 4.78 is 10.4. The predicted octanol–water partition coefficient (Wildman–Crippen LogP) is 1.87. The van der Waals surface area contributed by atoms with Crippen LogP contribution < -0.4 is 5.32 Å². The molecule has 0 aliphatic rings. The monoisotopic (exact) mass is 318 g/mol. The normalized spacial score (nSPS) is 11.9. The van der Waals surface area contributed by atoms with Crippen LogP contribution in [0, 0.1) is 6.92 Å². The molecule has 1 unspecified atom stereocenters. The van der Waals surface area contributed by atoms with Gasteiger partial charge in [0.1, 0.15) is 6.04 Å². The highest BCUT2D eigenvalue weighted by molar-refractivity contribution is 5.99. The minimum Gasteiger partial charge on any atom is -0.480 e. The topological polar surface area (TPSA) is 102 Å². The standard InChI is InChI=1S/C16H18N2O5/c1-10-17-13(14(23-10)11-6-4-3-5-7-11)15(19)18-12(16(20)21)8-9-22-2/h3-7,12H,8-9H2,1-2H3,(H,18,19)(H,20,21). The molecule has 7 heteroatoms. The van der Waals surface area contributed by atoms with Gasteiger partial charge in [0.2, 0.25) is 0 Å². The molecule has 0 bridgehead atoms. The molecule has 1 atom stereocenters. The number of rotatable bonds is 7. The van der Waals surface area contributed by atoms with Gasteiger partial charge in [-0.05, 0) is 0 Å². The molecule has 2 rings (SSSR count). The second-order valence-corrected chi connectivity index (χ2v) is 4.92. The van der Waals surface area contributed by atoms with Crippen LogP contribution in [0.2, 0.25) is 0 Å². The molecule has 1 amide bonds. The Morgan fingerprint density at radius 2 is 2.04 bits per heavy atom. The van der Waals surface area contributed by atoms with Crippen LogP contribution in [0.3, 0.4) is 0 Å². The highest BCUT2D eigenvalue weighted by atomic mass is 16.5. The molecule has 0 saturated heterocycles. The molecule has 2 N–H and O–H groups in total. The first-order valence-corrected chi connectivity index (χ1v) is 7.08. The van der Waals surface area contributed by atoms with Crippen LogP contribution in [0.1, 0.15) is 22.8 Å². The lowest BCUT2D eigenvalue weighted by atomic mass is 10.1. The third-order valence-electron chi connectivity index (χ3n) is 3.20. The van der Waals surface area contributed by atoms with Gasteiger partial charge in [-0.25, -0.2) is 9.78 Å². The number of aliphatic carboxylic acids is 1. The van der Waals surface area contributed by atoms with Crippen molar-refractivity contribution in [2.24, 2.45) is 0 Å². The number of amides is 1. The first-order chi connectivity index (χ1) is 11.0. The number of nitrogens with zero attached hydrogens (tertiary/aromatic N) is 1. The van der Waals surface area contributed by atoms with Crippen LogP contribution in [0.25, 0.3) is 11.3 Å². The van der Waals surface area contributed by atoms with E-state index in [1.165, 1.54) is 7.11 Å². The van der Waals surface area contributed by atoms with Crippen LogP contribution in [0.5, 0.6) is 0 Å². The predicted molar refractivity (Wildman–Crippen MR) is 82.1 cm³/mol. The zero-order chi connectivity index (χ0) is 16.8. The van der Waals surface area contributed by atoms with E-state index in [9.17, 15) is 14.7 Å². The lowest BCUT2D eigenvalue weighted by Crippen LogP contribution is -2.41. The average Bonchev–Trinajstić information content (AvgIpc) is 2.94. The summed E-state index contributed by atoms with van der Waals surface area (Å²) in [5.74, 6) is -1.07. The van der Waals surface area contributed by atoms with E-state index in [1.54, 1.807) is 19.1 Å². The van der Waals surface area contributed by atoms with E-state index >= 15 is 0 Å². The quantitative estimate of drug-likeness (QED) is 0.808. The third kappa shape index (κ3) is 4.17. The molecule has 23 heavy (non-hydrogen) atoms. The molecule has 0 aliphatic heterocycles. The van der Waals surface area contributed by atoms with E-state index in [1.807, 2.05) is 18.2 Å². The van der Waals surface area contributed by atoms with Gasteiger partial charge in [0, 0.05) is 32.6 Å². The number of oxazole rings is 1. The number of methoxy groups -OCH3 is 1. The van der Waals surface area contributed by atoms with Crippen LogP contribution in [0.4, 0.5) is 0 Å². The summed E-state index contributed by atoms with van der Waals surface area (Å²) in [5, 5.41) is 11.6. The molecule has 0 fully saturated rings. The molecule has 7 nitrogen and oxygen atoms in total. The van der Waals surface area contributed by atoms with Gasteiger partial charge in [0.15, 0.2) is 17.3 Å². The third-order valence-corrected chi connectivity index (χ3v) is 3.20. The van der Waals surface area contributed by atoms with Crippen LogP contribution in [-0.2, 0) is 9.53 Å². The molecule has 2 aromatic rings. The van der Waals surface area contributed by atoms with Gasteiger partial charge < -0.3 is 19.6 Å². The van der Waals surface area contributed by atoms with Crippen LogP contribution in [-0.4, -0.2) is 41.7 Å². The maximum atomic E-state index is 12.4. The van der Waals surface area contributed by atoms with Gasteiger partial charge in [-0.15, -0.1) is 0 Å². The lowest BCUT2D eigenvalue weighted by molar-refractivity contribution is -0.139. The van der Waals surface area contributed by atoms with E-state index in [2.05, 4.69) is 10.3 Å². The van der Waals surface area contributed by atoms with Crippen molar-refractivity contribution in [2.75, 3.05) is 13.7 Å². The fourth-order valence-corrected chi connectivity index (χ4v) is 2.09. The van der Waals surface area contributed by atoms with Crippen molar-refractivity contribution in [3.63, 3.8) is 0 Å². The van der Waals surface area contributed by atoms with Crippen molar-refractivity contribution in [1.82, 2.24) is 10.3 Å². The maximum Gasteiger partial charge on any atom is 0.326 e. The summed E-state index contributed by atoms with van der Waals surface area (Å²) >= 11 is 0. The molecule has 0 saturated carbocycles. The van der Waals surface area contributed by atoms with Gasteiger partial charge in [-0.2, -0.15) is 0 Å². The number of carboxylic acid groups (broad SMARTS) is 1. The Bertz CT molecular complexity index is 681. The number of carboxylic acids is 1. The van der Waals surface area contributed by atoms with Crippen molar-refractivity contribution in [3.8, 4) is 11.3 Å². The first-order valence-electron chi connectivity index (χ1n) is 7.08. The Kier molecular flexibility index (Phi) is 5.48. The number of aryl methyl sites for hydroxylation is 1. The van der Waals surface area contributed by atoms with Gasteiger partial charge in [0.05, 0.1) is 0 Å². The Hall–Kier alpha value is -2.67. The highest BCUT2D eigenvalue weighted by Crippen LogP contribution is 2.24. The van der Waals surface area contributed by atoms with Gasteiger partial charge >= 0.3 is 5.97 Å². The Balaban J connectivity index is 2.24. The molecule has 0 aliphatic carbocycles. The number of carbonyl (C=O) groups excluding carboxylic acids is 1. The Morgan fingerprint density at radius 3 is 2.65 bits per heavy atom. The van der Waals surface area contributed by atoms with E-state index in [4.69, 9.17) is 9.15 Å². The summed E-state index contributed by atoms with van der Waals surface area (Å²) in [7, 11) is 1.47. The van der Waals surface area contributed by atoms with Crippen molar-refractivity contribution in [2.45, 2.75) is 19.4 Å². The fraction of sp³-hybridized carbons (Fsp3) is 0.312. The summed E-state index contributed by atoms with van der Waals surface area (Å²) in [6.45, 7) is 1.85. The zero-order valence-corrected chi connectivity index (χ0v) is 12.9. The maximum absolute atomic E-state index is 12.4. The van der Waals surface area contributed by atoms with E-state index in [0.29, 0.717) is 17.2 Å². The second kappa shape index (κ2) is 7.55. The smallest absolute Gasteiger partial charge is 0.326 e. The van der Waals surface area contributed by atoms with Gasteiger partial charge in [-0.1, -0.05) is 30.3 Å². The van der Waals surface area contributed by atoms with Gasteiger partial charge in [-0.3, -0.25) is 4.79 Å². The molecular formula is C16H18N2O5. The SMILES string of the molecule is COCCC(NC(=O)c1nc(C)oc1-c1ccccc1)C(=O)O. The summed E-state index contributed by atoms with van der Waals surface area (Å²) in [6.07, 6.45) is 0.162. The minimum absolute atomic E-state index is 0.0670. The average molecular weight is 318 g/mol. The number of carbonyl (C=O) groups is 2. The largest absolute Gasteiger partial charge is 0.480 e. The minimum atomic E-state index is -1.13. The summed E-state index contributed by atoms with van der Waals surface area (Å²) in [6, 6.07) is 7.99. The molecule has 1 heterocycles. The van der Waals surface area contributed by atoms with Crippen molar-refractivity contribution >= 4 is 11.9 Å². The number of hydrogen-bond donors (Lipinski definition) is 2. The van der Waals surface area contributed by atoms with E-state index in [0.717, 1.165) is 0 Å². The number of benzene rings is 1. The fourth-order valence-electron chi connectivity index (χ4n) is 2.09. The van der Waals surface area contributed by atoms with E-state index in [-0.39, 0.29) is 18.7 Å². The number of aromatic nitrogens is 1. The van der Waals surface area contributed by atoms with Crippen molar-refractivity contribution < 1.29 is 23.8 Å². The lowest BCUT2D eigenvalue weighted by Gasteiger charge is -2.13. The molecular weight excluding hydrogens is 300 g/mol. The first kappa shape index (κ1) is 16.7. The zero-order valence-electron chi connectivity index (χ0n) is 12.9. The second-order valence-electron chi connectivity index (χ2n) is 4.92. The number of nitrogens with one attached hydrogen (secondary N) is 1. The van der Waals surface area contributed by atoms with Gasteiger partial charge in [0.25, 0.3) is 5.91 Å². The molecule has 1 aromatic carbocycles. The van der Waals surface area contributed by atoms with Crippen LogP contribution >= 0.6 is 0 Å². The van der Waals surface area contributed by atoms with Crippen molar-refractivity contribution in [1.29, 1.82) is 0 Å². The molecule has 122 valence electrons. The molecule has 1 aromatic heterocycles. The molecule has 0 radical (unpaired) electrons. The summed E-state index contributed by atoms with van der Waals surface area (Å²) in [4.78, 5) is 27.7. The number of hydrogen-bond acceptors (Lipinski definition) is 5. The van der Waals surface area contributed by atoms with Crippen LogP contribution in [0.15, 0.2) is 34.7 Å². The number of ether oxygens (including phenoxy) is 1.